The topological polar surface area (TPSA) is 64.6 Å². The maximum atomic E-state index is 13.1. The molecule has 4 atom stereocenters. The van der Waals surface area contributed by atoms with Crippen LogP contribution in [0.5, 0.6) is 0 Å². The standard InChI is InChI=1S/C17H24FN3O2/c1-11-6-13(17(22)23)9-21(8-11)10-14-7-19-20-16(14)12-2-4-15(18)5-3-12/h2-5,11,13-14,16,19-20H,6-10H2,1H3,(H,22,23). The molecule has 0 amide bonds. The van der Waals surface area contributed by atoms with Gasteiger partial charge in [-0.05, 0) is 30.0 Å². The average molecular weight is 321 g/mol. The highest BCUT2D eigenvalue weighted by Crippen LogP contribution is 2.28. The Hall–Kier alpha value is -1.50. The Morgan fingerprint density at radius 2 is 2.09 bits per heavy atom. The molecule has 5 nitrogen and oxygen atoms in total. The van der Waals surface area contributed by atoms with Gasteiger partial charge in [0.2, 0.25) is 0 Å². The summed E-state index contributed by atoms with van der Waals surface area (Å²) in [4.78, 5) is 13.6. The van der Waals surface area contributed by atoms with Crippen LogP contribution in [0.15, 0.2) is 24.3 Å². The lowest BCUT2D eigenvalue weighted by Gasteiger charge is -2.36. The van der Waals surface area contributed by atoms with Gasteiger partial charge in [0.25, 0.3) is 0 Å². The molecule has 6 heteroatoms. The number of hydrogen-bond donors (Lipinski definition) is 3. The molecule has 0 bridgehead atoms. The molecule has 1 aromatic rings. The first kappa shape index (κ1) is 16.4. The van der Waals surface area contributed by atoms with Crippen molar-refractivity contribution in [2.45, 2.75) is 19.4 Å². The number of hydrazine groups is 1. The number of aliphatic carboxylic acids is 1. The molecule has 0 spiro atoms. The van der Waals surface area contributed by atoms with Gasteiger partial charge in [-0.25, -0.2) is 9.82 Å². The zero-order chi connectivity index (χ0) is 16.4. The monoisotopic (exact) mass is 321 g/mol. The van der Waals surface area contributed by atoms with Crippen LogP contribution in [0.25, 0.3) is 0 Å². The van der Waals surface area contributed by atoms with Crippen molar-refractivity contribution in [3.63, 3.8) is 0 Å². The maximum Gasteiger partial charge on any atom is 0.307 e. The van der Waals surface area contributed by atoms with Crippen molar-refractivity contribution in [1.29, 1.82) is 0 Å². The average Bonchev–Trinajstić information content (AvgIpc) is 2.95. The van der Waals surface area contributed by atoms with Crippen LogP contribution >= 0.6 is 0 Å². The number of carboxylic acid groups (broad SMARTS) is 1. The summed E-state index contributed by atoms with van der Waals surface area (Å²) in [6, 6.07) is 6.71. The molecule has 0 aromatic heterocycles. The van der Waals surface area contributed by atoms with E-state index in [-0.39, 0.29) is 17.8 Å². The van der Waals surface area contributed by atoms with Gasteiger partial charge in [0, 0.05) is 32.1 Å². The van der Waals surface area contributed by atoms with Crippen molar-refractivity contribution < 1.29 is 14.3 Å². The number of halogens is 1. The third kappa shape index (κ3) is 3.88. The first-order valence-corrected chi connectivity index (χ1v) is 8.22. The van der Waals surface area contributed by atoms with Crippen molar-refractivity contribution >= 4 is 5.97 Å². The molecule has 0 radical (unpaired) electrons. The van der Waals surface area contributed by atoms with Crippen LogP contribution in [-0.2, 0) is 4.79 Å². The highest BCUT2D eigenvalue weighted by molar-refractivity contribution is 5.70. The Morgan fingerprint density at radius 1 is 1.35 bits per heavy atom. The van der Waals surface area contributed by atoms with Gasteiger partial charge in [-0.2, -0.15) is 0 Å². The maximum absolute atomic E-state index is 13.1. The van der Waals surface area contributed by atoms with E-state index < -0.39 is 5.97 Å². The Bertz CT molecular complexity index is 551. The van der Waals surface area contributed by atoms with Gasteiger partial charge in [0.05, 0.1) is 12.0 Å². The number of piperidine rings is 1. The van der Waals surface area contributed by atoms with Crippen molar-refractivity contribution in [2.75, 3.05) is 26.2 Å². The fraction of sp³-hybridized carbons (Fsp3) is 0.588. The fourth-order valence-corrected chi connectivity index (χ4v) is 3.85. The second-order valence-electron chi connectivity index (χ2n) is 6.91. The van der Waals surface area contributed by atoms with E-state index in [2.05, 4.69) is 22.7 Å². The summed E-state index contributed by atoms with van der Waals surface area (Å²) in [5, 5.41) is 9.30. The molecule has 2 aliphatic heterocycles. The van der Waals surface area contributed by atoms with Gasteiger partial charge in [-0.15, -0.1) is 0 Å². The lowest BCUT2D eigenvalue weighted by molar-refractivity contribution is -0.144. The Balaban J connectivity index is 1.66. The number of nitrogens with zero attached hydrogens (tertiary/aromatic N) is 1. The predicted octanol–water partition coefficient (Wildman–Crippen LogP) is 1.63. The molecule has 3 rings (SSSR count). The molecule has 2 fully saturated rings. The van der Waals surface area contributed by atoms with Gasteiger partial charge in [0.1, 0.15) is 5.82 Å². The third-order valence-corrected chi connectivity index (χ3v) is 4.90. The minimum atomic E-state index is -0.695. The summed E-state index contributed by atoms with van der Waals surface area (Å²) in [5.74, 6) is -0.466. The molecule has 1 aromatic carbocycles. The highest BCUT2D eigenvalue weighted by atomic mass is 19.1. The first-order valence-electron chi connectivity index (χ1n) is 8.22. The molecule has 126 valence electrons. The largest absolute Gasteiger partial charge is 0.481 e. The van der Waals surface area contributed by atoms with E-state index in [9.17, 15) is 14.3 Å². The van der Waals surface area contributed by atoms with E-state index >= 15 is 0 Å². The van der Waals surface area contributed by atoms with Gasteiger partial charge in [-0.3, -0.25) is 10.2 Å². The van der Waals surface area contributed by atoms with Gasteiger partial charge in [0.15, 0.2) is 0 Å². The zero-order valence-corrected chi connectivity index (χ0v) is 13.3. The minimum absolute atomic E-state index is 0.121. The number of carboxylic acids is 1. The van der Waals surface area contributed by atoms with E-state index in [1.54, 1.807) is 0 Å². The van der Waals surface area contributed by atoms with Crippen LogP contribution in [0.4, 0.5) is 4.39 Å². The van der Waals surface area contributed by atoms with E-state index in [0.717, 1.165) is 31.6 Å². The van der Waals surface area contributed by atoms with E-state index in [4.69, 9.17) is 0 Å². The molecular weight excluding hydrogens is 297 g/mol. The lowest BCUT2D eigenvalue weighted by atomic mass is 9.88. The molecule has 3 N–H and O–H groups in total. The van der Waals surface area contributed by atoms with Gasteiger partial charge >= 0.3 is 5.97 Å². The van der Waals surface area contributed by atoms with Crippen LogP contribution in [0.3, 0.4) is 0 Å². The predicted molar refractivity (Wildman–Crippen MR) is 85.1 cm³/mol. The normalized spacial score (nSPS) is 32.1. The third-order valence-electron chi connectivity index (χ3n) is 4.90. The van der Waals surface area contributed by atoms with E-state index in [0.29, 0.717) is 18.4 Å². The van der Waals surface area contributed by atoms with Crippen molar-refractivity contribution in [3.8, 4) is 0 Å². The van der Waals surface area contributed by atoms with Crippen molar-refractivity contribution in [2.24, 2.45) is 17.8 Å². The van der Waals surface area contributed by atoms with Gasteiger partial charge < -0.3 is 10.0 Å². The summed E-state index contributed by atoms with van der Waals surface area (Å²) in [5.41, 5.74) is 7.50. The quantitative estimate of drug-likeness (QED) is 0.787. The first-order chi connectivity index (χ1) is 11.0. The molecule has 23 heavy (non-hydrogen) atoms. The molecular formula is C17H24FN3O2. The molecule has 4 unspecified atom stereocenters. The number of carbonyl (C=O) groups is 1. The number of hydrogen-bond acceptors (Lipinski definition) is 4. The van der Waals surface area contributed by atoms with E-state index in [1.807, 2.05) is 12.1 Å². The second kappa shape index (κ2) is 6.95. The minimum Gasteiger partial charge on any atom is -0.481 e. The Labute approximate surface area is 135 Å². The summed E-state index contributed by atoms with van der Waals surface area (Å²) >= 11 is 0. The van der Waals surface area contributed by atoms with Gasteiger partial charge in [-0.1, -0.05) is 19.1 Å². The van der Waals surface area contributed by atoms with Crippen LogP contribution < -0.4 is 10.9 Å². The SMILES string of the molecule is CC1CC(C(=O)O)CN(CC2CNNC2c2ccc(F)cc2)C1. The summed E-state index contributed by atoms with van der Waals surface area (Å²) < 4.78 is 13.1. The van der Waals surface area contributed by atoms with Crippen molar-refractivity contribution in [3.05, 3.63) is 35.6 Å². The number of likely N-dealkylation sites (tertiary alicyclic amines) is 1. The van der Waals surface area contributed by atoms with Crippen LogP contribution in [0.1, 0.15) is 24.9 Å². The zero-order valence-electron chi connectivity index (χ0n) is 13.3. The van der Waals surface area contributed by atoms with Crippen molar-refractivity contribution in [1.82, 2.24) is 15.8 Å². The summed E-state index contributed by atoms with van der Waals surface area (Å²) in [7, 11) is 0. The van der Waals surface area contributed by atoms with E-state index in [1.165, 1.54) is 12.1 Å². The smallest absolute Gasteiger partial charge is 0.307 e. The second-order valence-corrected chi connectivity index (χ2v) is 6.91. The molecule has 2 heterocycles. The fourth-order valence-electron chi connectivity index (χ4n) is 3.85. The lowest BCUT2D eigenvalue weighted by Crippen LogP contribution is -2.45. The molecule has 2 saturated heterocycles. The molecule has 0 saturated carbocycles. The molecule has 2 aliphatic rings. The summed E-state index contributed by atoms with van der Waals surface area (Å²) in [6.45, 7) is 5.34. The number of rotatable bonds is 4. The van der Waals surface area contributed by atoms with Crippen LogP contribution in [-0.4, -0.2) is 42.2 Å². The van der Waals surface area contributed by atoms with Crippen LogP contribution in [0, 0.1) is 23.6 Å². The van der Waals surface area contributed by atoms with Crippen LogP contribution in [0.2, 0.25) is 0 Å². The Kier molecular flexibility index (Phi) is 4.94. The summed E-state index contributed by atoms with van der Waals surface area (Å²) in [6.07, 6.45) is 0.758. The molecule has 0 aliphatic carbocycles. The number of nitrogens with one attached hydrogen (secondary N) is 2. The highest BCUT2D eigenvalue weighted by Gasteiger charge is 2.34. The number of benzene rings is 1. The Morgan fingerprint density at radius 3 is 2.78 bits per heavy atom.